The summed E-state index contributed by atoms with van der Waals surface area (Å²) in [7, 11) is 0. The van der Waals surface area contributed by atoms with Crippen molar-refractivity contribution in [3.63, 3.8) is 0 Å². The van der Waals surface area contributed by atoms with Gasteiger partial charge < -0.3 is 69.6 Å². The normalized spacial score (nSPS) is 40.3. The first-order valence-corrected chi connectivity index (χ1v) is 13.3. The zero-order valence-electron chi connectivity index (χ0n) is 22.0. The smallest absolute Gasteiger partial charge is 0.320 e. The quantitative estimate of drug-likeness (QED) is 0.184. The topological polar surface area (TPSA) is 228 Å². The summed E-state index contributed by atoms with van der Waals surface area (Å²) in [6, 6.07) is 5.68. The molecular weight excluding hydrogens is 584 g/mol. The molecule has 2 saturated heterocycles. The molecule has 5 rings (SSSR count). The van der Waals surface area contributed by atoms with Crippen LogP contribution in [0.1, 0.15) is 12.5 Å². The van der Waals surface area contributed by atoms with Crippen LogP contribution in [0.3, 0.4) is 0 Å². The highest BCUT2D eigenvalue weighted by Gasteiger charge is 2.56. The van der Waals surface area contributed by atoms with E-state index in [1.54, 1.807) is 0 Å². The van der Waals surface area contributed by atoms with Gasteiger partial charge in [0.2, 0.25) is 0 Å². The summed E-state index contributed by atoms with van der Waals surface area (Å²) in [6.07, 6.45) is -11.5. The number of hydrogen-bond acceptors (Lipinski definition) is 14. The van der Waals surface area contributed by atoms with E-state index in [2.05, 4.69) is 0 Å². The molecule has 15 heteroatoms. The molecular formula is C27H31ClO14. The molecule has 0 radical (unpaired) electrons. The Morgan fingerprint density at radius 3 is 2.26 bits per heavy atom. The van der Waals surface area contributed by atoms with Crippen LogP contribution in [0.2, 0.25) is 0 Å². The number of ether oxygens (including phenoxy) is 5. The van der Waals surface area contributed by atoms with E-state index < -0.39 is 73.1 Å². The molecule has 9 N–H and O–H groups in total. The molecule has 11 unspecified atom stereocenters. The number of aliphatic hydroxyl groups excluding tert-OH is 8. The monoisotopic (exact) mass is 614 g/mol. The SMILES string of the molecule is CC1OC(OCC2OC(Cl)(OC3=C(c4ccc(O)cc4)OC4C=C(O)C=C(O)C4=C3)C(O)C(O)C2O)C(O)C(O)C1O. The summed E-state index contributed by atoms with van der Waals surface area (Å²) in [5, 5.41) is 89.7. The van der Waals surface area contributed by atoms with Gasteiger partial charge >= 0.3 is 5.25 Å². The van der Waals surface area contributed by atoms with Gasteiger partial charge in [-0.3, -0.25) is 0 Å². The van der Waals surface area contributed by atoms with Crippen molar-refractivity contribution in [1.82, 2.24) is 0 Å². The molecule has 0 bridgehead atoms. The standard InChI is InChI=1S/C27H31ClO14/c1-10-19(32)21(34)23(36)26(39-10)38-9-18-20(33)22(35)25(37)27(28,42-18)41-17-8-14-15(31)6-13(30)7-16(14)40-24(17)11-2-4-12(29)5-3-11/h2-8,10,16,18-23,25-26,29-37H,9H2,1H3. The minimum absolute atomic E-state index is 0.00741. The van der Waals surface area contributed by atoms with Crippen molar-refractivity contribution < 1.29 is 69.6 Å². The number of allylic oxidation sites excluding steroid dienone is 2. The fourth-order valence-corrected chi connectivity index (χ4v) is 5.20. The van der Waals surface area contributed by atoms with E-state index in [0.717, 1.165) is 6.08 Å². The van der Waals surface area contributed by atoms with Crippen molar-refractivity contribution in [2.75, 3.05) is 6.61 Å². The van der Waals surface area contributed by atoms with Gasteiger partial charge in [-0.25, -0.2) is 0 Å². The van der Waals surface area contributed by atoms with Gasteiger partial charge in [0.15, 0.2) is 23.9 Å². The second-order valence-electron chi connectivity index (χ2n) is 10.3. The van der Waals surface area contributed by atoms with Crippen molar-refractivity contribution in [3.05, 3.63) is 70.9 Å². The third-order valence-corrected chi connectivity index (χ3v) is 7.69. The third-order valence-electron chi connectivity index (χ3n) is 7.30. The highest BCUT2D eigenvalue weighted by molar-refractivity contribution is 6.22. The average Bonchev–Trinajstić information content (AvgIpc) is 2.95. The second kappa shape index (κ2) is 11.7. The number of fused-ring (bicyclic) bond motifs is 1. The van der Waals surface area contributed by atoms with Crippen LogP contribution in [0.15, 0.2) is 65.3 Å². The van der Waals surface area contributed by atoms with E-state index in [1.807, 2.05) is 0 Å². The number of phenols is 1. The number of hydrogen-bond donors (Lipinski definition) is 9. The van der Waals surface area contributed by atoms with Crippen LogP contribution in [-0.2, 0) is 23.7 Å². The zero-order valence-corrected chi connectivity index (χ0v) is 22.7. The van der Waals surface area contributed by atoms with E-state index in [0.29, 0.717) is 5.56 Å². The first kappa shape index (κ1) is 30.6. The molecule has 42 heavy (non-hydrogen) atoms. The molecule has 0 spiro atoms. The lowest BCUT2D eigenvalue weighted by molar-refractivity contribution is -0.335. The number of aromatic hydroxyl groups is 1. The number of alkyl halides is 1. The Bertz CT molecular complexity index is 1290. The summed E-state index contributed by atoms with van der Waals surface area (Å²) < 4.78 is 28.4. The van der Waals surface area contributed by atoms with Crippen molar-refractivity contribution in [3.8, 4) is 5.75 Å². The van der Waals surface area contributed by atoms with Crippen LogP contribution in [0, 0.1) is 0 Å². The maximum Gasteiger partial charge on any atom is 0.320 e. The Kier molecular flexibility index (Phi) is 8.48. The van der Waals surface area contributed by atoms with E-state index in [1.165, 1.54) is 43.3 Å². The summed E-state index contributed by atoms with van der Waals surface area (Å²) >= 11 is 6.58. The number of aliphatic hydroxyl groups is 8. The molecule has 230 valence electrons. The molecule has 0 saturated carbocycles. The number of halogens is 1. The zero-order chi connectivity index (χ0) is 30.5. The molecule has 2 fully saturated rings. The molecule has 1 aliphatic carbocycles. The predicted molar refractivity (Wildman–Crippen MR) is 140 cm³/mol. The number of phenolic OH excluding ortho intramolecular Hbond substituents is 1. The molecule has 1 aromatic rings. The van der Waals surface area contributed by atoms with Crippen molar-refractivity contribution in [2.45, 2.75) is 73.4 Å². The van der Waals surface area contributed by atoms with Gasteiger partial charge in [0.05, 0.1) is 12.7 Å². The molecule has 3 aliphatic heterocycles. The first-order chi connectivity index (χ1) is 19.8. The highest BCUT2D eigenvalue weighted by atomic mass is 35.5. The minimum atomic E-state index is -2.58. The van der Waals surface area contributed by atoms with Crippen LogP contribution in [0.4, 0.5) is 0 Å². The Morgan fingerprint density at radius 2 is 1.57 bits per heavy atom. The Hall–Kier alpha value is -2.89. The Labute approximate surface area is 243 Å². The van der Waals surface area contributed by atoms with E-state index in [-0.39, 0.29) is 34.4 Å². The lowest BCUT2D eigenvalue weighted by Gasteiger charge is -2.46. The van der Waals surface area contributed by atoms with Crippen LogP contribution < -0.4 is 0 Å². The van der Waals surface area contributed by atoms with Gasteiger partial charge in [-0.1, -0.05) is 0 Å². The van der Waals surface area contributed by atoms with Crippen LogP contribution in [0.25, 0.3) is 5.76 Å². The van der Waals surface area contributed by atoms with Gasteiger partial charge in [0, 0.05) is 23.3 Å². The maximum atomic E-state index is 10.8. The van der Waals surface area contributed by atoms with E-state index >= 15 is 0 Å². The summed E-state index contributed by atoms with van der Waals surface area (Å²) in [5.74, 6) is -0.864. The maximum absolute atomic E-state index is 10.8. The molecule has 4 aliphatic rings. The fraction of sp³-hybridized carbons (Fsp3) is 0.481. The average molecular weight is 615 g/mol. The van der Waals surface area contributed by atoms with E-state index in [4.69, 9.17) is 35.3 Å². The molecule has 0 aromatic heterocycles. The highest BCUT2D eigenvalue weighted by Crippen LogP contribution is 2.42. The van der Waals surface area contributed by atoms with Crippen molar-refractivity contribution in [2.24, 2.45) is 0 Å². The Balaban J connectivity index is 1.42. The van der Waals surface area contributed by atoms with Crippen molar-refractivity contribution >= 4 is 17.4 Å². The summed E-state index contributed by atoms with van der Waals surface area (Å²) in [6.45, 7) is 0.859. The molecule has 14 nitrogen and oxygen atoms in total. The molecule has 3 heterocycles. The molecule has 0 amide bonds. The minimum Gasteiger partial charge on any atom is -0.508 e. The van der Waals surface area contributed by atoms with Gasteiger partial charge in [-0.15, -0.1) is 0 Å². The largest absolute Gasteiger partial charge is 0.508 e. The summed E-state index contributed by atoms with van der Waals surface area (Å²) in [4.78, 5) is 0. The van der Waals surface area contributed by atoms with Gasteiger partial charge in [-0.05, 0) is 48.9 Å². The molecule has 11 atom stereocenters. The van der Waals surface area contributed by atoms with Crippen molar-refractivity contribution in [1.29, 1.82) is 0 Å². The lowest BCUT2D eigenvalue weighted by Crippen LogP contribution is -2.64. The summed E-state index contributed by atoms with van der Waals surface area (Å²) in [5.41, 5.74) is 0.499. The van der Waals surface area contributed by atoms with Gasteiger partial charge in [0.25, 0.3) is 0 Å². The van der Waals surface area contributed by atoms with Gasteiger partial charge in [-0.2, -0.15) is 0 Å². The number of rotatable bonds is 6. The lowest BCUT2D eigenvalue weighted by atomic mass is 9.96. The first-order valence-electron chi connectivity index (χ1n) is 12.9. The predicted octanol–water partition coefficient (Wildman–Crippen LogP) is -0.482. The van der Waals surface area contributed by atoms with Crippen LogP contribution in [0.5, 0.6) is 5.75 Å². The molecule has 1 aromatic carbocycles. The number of benzene rings is 1. The second-order valence-corrected chi connectivity index (χ2v) is 10.8. The third kappa shape index (κ3) is 5.70. The fourth-order valence-electron chi connectivity index (χ4n) is 4.87. The Morgan fingerprint density at radius 1 is 0.881 bits per heavy atom. The van der Waals surface area contributed by atoms with Crippen LogP contribution >= 0.6 is 11.6 Å². The van der Waals surface area contributed by atoms with Gasteiger partial charge in [0.1, 0.15) is 60.0 Å². The van der Waals surface area contributed by atoms with Crippen LogP contribution in [-0.4, -0.2) is 119 Å². The van der Waals surface area contributed by atoms with E-state index in [9.17, 15) is 46.0 Å².